The second-order valence-corrected chi connectivity index (χ2v) is 6.78. The average Bonchev–Trinajstić information content (AvgIpc) is 3.04. The van der Waals surface area contributed by atoms with Gasteiger partial charge in [0.05, 0.1) is 17.3 Å². The molecule has 1 amide bonds. The molecule has 0 spiro atoms. The van der Waals surface area contributed by atoms with Crippen LogP contribution < -0.4 is 10.1 Å². The molecule has 1 heterocycles. The smallest absolute Gasteiger partial charge is 0.257 e. The Hall–Kier alpha value is -2.08. The number of hydrogen-bond donors (Lipinski definition) is 1. The first-order valence-corrected chi connectivity index (χ1v) is 9.15. The quantitative estimate of drug-likeness (QED) is 0.599. The highest BCUT2D eigenvalue weighted by atomic mass is 35.5. The average molecular weight is 393 g/mol. The Kier molecular flexibility index (Phi) is 5.58. The van der Waals surface area contributed by atoms with Crippen LogP contribution in [-0.4, -0.2) is 17.5 Å². The number of nitrogens with zero attached hydrogens (tertiary/aromatic N) is 1. The summed E-state index contributed by atoms with van der Waals surface area (Å²) in [5, 5.41) is 6.20. The number of thiazole rings is 1. The third kappa shape index (κ3) is 4.31. The van der Waals surface area contributed by atoms with E-state index in [1.165, 1.54) is 11.3 Å². The molecule has 25 heavy (non-hydrogen) atoms. The van der Waals surface area contributed by atoms with Crippen LogP contribution in [0.5, 0.6) is 5.75 Å². The van der Waals surface area contributed by atoms with E-state index in [-0.39, 0.29) is 5.91 Å². The Labute approximate surface area is 159 Å². The van der Waals surface area contributed by atoms with Crippen molar-refractivity contribution in [3.8, 4) is 17.0 Å². The Morgan fingerprint density at radius 1 is 1.20 bits per heavy atom. The number of halogens is 2. The van der Waals surface area contributed by atoms with E-state index in [9.17, 15) is 4.79 Å². The van der Waals surface area contributed by atoms with Crippen molar-refractivity contribution >= 4 is 45.6 Å². The Morgan fingerprint density at radius 3 is 2.64 bits per heavy atom. The molecular formula is C18H14Cl2N2O2S. The van der Waals surface area contributed by atoms with Gasteiger partial charge in [-0.15, -0.1) is 11.3 Å². The van der Waals surface area contributed by atoms with Crippen LogP contribution in [0.25, 0.3) is 11.3 Å². The molecule has 0 unspecified atom stereocenters. The standard InChI is InChI=1S/C18H14Cl2N2O2S/c1-2-24-13-6-3-11(4-7-13)17(23)22-18-21-16(10-25-18)14-8-5-12(19)9-15(14)20/h3-10H,2H2,1H3,(H,21,22,23). The Morgan fingerprint density at radius 2 is 1.96 bits per heavy atom. The molecule has 2 aromatic carbocycles. The van der Waals surface area contributed by atoms with Crippen LogP contribution in [0.1, 0.15) is 17.3 Å². The van der Waals surface area contributed by atoms with Crippen molar-refractivity contribution in [3.05, 3.63) is 63.5 Å². The molecule has 0 radical (unpaired) electrons. The lowest BCUT2D eigenvalue weighted by Crippen LogP contribution is -2.11. The van der Waals surface area contributed by atoms with Gasteiger partial charge in [0.15, 0.2) is 5.13 Å². The number of nitrogens with one attached hydrogen (secondary N) is 1. The van der Waals surface area contributed by atoms with E-state index >= 15 is 0 Å². The second-order valence-electron chi connectivity index (χ2n) is 5.07. The van der Waals surface area contributed by atoms with Crippen LogP contribution in [0.4, 0.5) is 5.13 Å². The van der Waals surface area contributed by atoms with E-state index < -0.39 is 0 Å². The maximum atomic E-state index is 12.3. The number of hydrogen-bond acceptors (Lipinski definition) is 4. The monoisotopic (exact) mass is 392 g/mol. The van der Waals surface area contributed by atoms with Crippen molar-refractivity contribution in [1.29, 1.82) is 0 Å². The molecule has 1 N–H and O–H groups in total. The van der Waals surface area contributed by atoms with Crippen molar-refractivity contribution in [3.63, 3.8) is 0 Å². The van der Waals surface area contributed by atoms with E-state index in [1.807, 2.05) is 12.3 Å². The summed E-state index contributed by atoms with van der Waals surface area (Å²) >= 11 is 13.4. The largest absolute Gasteiger partial charge is 0.494 e. The molecule has 0 bridgehead atoms. The zero-order chi connectivity index (χ0) is 17.8. The number of anilines is 1. The number of amides is 1. The molecule has 0 aliphatic carbocycles. The first-order valence-electron chi connectivity index (χ1n) is 7.52. The first-order chi connectivity index (χ1) is 12.1. The summed E-state index contributed by atoms with van der Waals surface area (Å²) in [5.74, 6) is 0.499. The lowest BCUT2D eigenvalue weighted by Gasteiger charge is -2.05. The summed E-state index contributed by atoms with van der Waals surface area (Å²) in [5.41, 5.74) is 1.99. The van der Waals surface area contributed by atoms with Crippen LogP contribution >= 0.6 is 34.5 Å². The molecule has 0 saturated carbocycles. The van der Waals surface area contributed by atoms with Crippen molar-refractivity contribution < 1.29 is 9.53 Å². The molecule has 0 fully saturated rings. The van der Waals surface area contributed by atoms with Crippen LogP contribution in [0.3, 0.4) is 0 Å². The number of aromatic nitrogens is 1. The minimum absolute atomic E-state index is 0.230. The summed E-state index contributed by atoms with van der Waals surface area (Å²) in [7, 11) is 0. The van der Waals surface area contributed by atoms with E-state index in [0.717, 1.165) is 11.3 Å². The van der Waals surface area contributed by atoms with Gasteiger partial charge < -0.3 is 4.74 Å². The highest BCUT2D eigenvalue weighted by Crippen LogP contribution is 2.32. The fourth-order valence-corrected chi connectivity index (χ4v) is 3.40. The number of benzene rings is 2. The predicted molar refractivity (Wildman–Crippen MR) is 103 cm³/mol. The van der Waals surface area contributed by atoms with E-state index in [0.29, 0.717) is 33.0 Å². The van der Waals surface area contributed by atoms with E-state index in [4.69, 9.17) is 27.9 Å². The van der Waals surface area contributed by atoms with Gasteiger partial charge in [-0.25, -0.2) is 4.98 Å². The number of carbonyl (C=O) groups excluding carboxylic acids is 1. The zero-order valence-corrected chi connectivity index (χ0v) is 15.6. The van der Waals surface area contributed by atoms with Crippen molar-refractivity contribution in [2.24, 2.45) is 0 Å². The molecule has 7 heteroatoms. The molecule has 0 atom stereocenters. The van der Waals surface area contributed by atoms with E-state index in [1.54, 1.807) is 42.5 Å². The van der Waals surface area contributed by atoms with Crippen molar-refractivity contribution in [2.45, 2.75) is 6.92 Å². The second kappa shape index (κ2) is 7.87. The van der Waals surface area contributed by atoms with Gasteiger partial charge in [0.2, 0.25) is 0 Å². The summed E-state index contributed by atoms with van der Waals surface area (Å²) in [6.07, 6.45) is 0. The van der Waals surface area contributed by atoms with Gasteiger partial charge in [-0.2, -0.15) is 0 Å². The topological polar surface area (TPSA) is 51.2 Å². The van der Waals surface area contributed by atoms with Crippen LogP contribution in [-0.2, 0) is 0 Å². The molecule has 128 valence electrons. The molecule has 0 aliphatic heterocycles. The highest BCUT2D eigenvalue weighted by Gasteiger charge is 2.12. The normalized spacial score (nSPS) is 10.5. The SMILES string of the molecule is CCOc1ccc(C(=O)Nc2nc(-c3ccc(Cl)cc3Cl)cs2)cc1. The molecule has 4 nitrogen and oxygen atoms in total. The fraction of sp³-hybridized carbons (Fsp3) is 0.111. The minimum Gasteiger partial charge on any atom is -0.494 e. The van der Waals surface area contributed by atoms with Crippen LogP contribution in [0, 0.1) is 0 Å². The van der Waals surface area contributed by atoms with Crippen molar-refractivity contribution in [1.82, 2.24) is 4.98 Å². The third-order valence-electron chi connectivity index (χ3n) is 3.36. The van der Waals surface area contributed by atoms with Gasteiger partial charge in [0, 0.05) is 21.5 Å². The van der Waals surface area contributed by atoms with Gasteiger partial charge in [-0.1, -0.05) is 23.2 Å². The molecular weight excluding hydrogens is 379 g/mol. The zero-order valence-electron chi connectivity index (χ0n) is 13.3. The summed E-state index contributed by atoms with van der Waals surface area (Å²) < 4.78 is 5.37. The maximum Gasteiger partial charge on any atom is 0.257 e. The number of ether oxygens (including phenoxy) is 1. The predicted octanol–water partition coefficient (Wildman–Crippen LogP) is 5.77. The molecule has 0 saturated heterocycles. The van der Waals surface area contributed by atoms with Gasteiger partial charge in [-0.05, 0) is 49.4 Å². The lowest BCUT2D eigenvalue weighted by molar-refractivity contribution is 0.102. The summed E-state index contributed by atoms with van der Waals surface area (Å²) in [4.78, 5) is 16.7. The van der Waals surface area contributed by atoms with Crippen LogP contribution in [0.15, 0.2) is 47.8 Å². The first kappa shape index (κ1) is 17.7. The fourth-order valence-electron chi connectivity index (χ4n) is 2.19. The summed E-state index contributed by atoms with van der Waals surface area (Å²) in [6, 6.07) is 12.2. The van der Waals surface area contributed by atoms with Gasteiger partial charge in [-0.3, -0.25) is 10.1 Å². The molecule has 3 rings (SSSR count). The summed E-state index contributed by atoms with van der Waals surface area (Å²) in [6.45, 7) is 2.49. The highest BCUT2D eigenvalue weighted by molar-refractivity contribution is 7.14. The number of rotatable bonds is 5. The molecule has 1 aromatic heterocycles. The van der Waals surface area contributed by atoms with Gasteiger partial charge >= 0.3 is 0 Å². The lowest BCUT2D eigenvalue weighted by atomic mass is 10.2. The van der Waals surface area contributed by atoms with Crippen molar-refractivity contribution in [2.75, 3.05) is 11.9 Å². The number of carbonyl (C=O) groups is 1. The maximum absolute atomic E-state index is 12.3. The van der Waals surface area contributed by atoms with Gasteiger partial charge in [0.25, 0.3) is 5.91 Å². The minimum atomic E-state index is -0.230. The molecule has 3 aromatic rings. The van der Waals surface area contributed by atoms with Crippen LogP contribution in [0.2, 0.25) is 10.0 Å². The van der Waals surface area contributed by atoms with Gasteiger partial charge in [0.1, 0.15) is 5.75 Å². The molecule has 0 aliphatic rings. The third-order valence-corrected chi connectivity index (χ3v) is 4.66. The Bertz CT molecular complexity index is 894. The Balaban J connectivity index is 1.73. The van der Waals surface area contributed by atoms with E-state index in [2.05, 4.69) is 10.3 Å².